The van der Waals surface area contributed by atoms with Crippen LogP contribution in [0, 0.1) is 0 Å². The highest BCUT2D eigenvalue weighted by atomic mass is 32.1. The molecule has 0 fully saturated rings. The molecule has 1 aromatic rings. The first-order chi connectivity index (χ1) is 7.82. The minimum atomic E-state index is -0.413. The number of nitrogens with two attached hydrogens (primary N) is 1. The van der Waals surface area contributed by atoms with Crippen LogP contribution in [0.2, 0.25) is 0 Å². The van der Waals surface area contributed by atoms with Gasteiger partial charge in [-0.2, -0.15) is 0 Å². The summed E-state index contributed by atoms with van der Waals surface area (Å²) in [6, 6.07) is 0. The number of carbonyl (C=O) groups is 1. The van der Waals surface area contributed by atoms with Crippen LogP contribution in [0.5, 0.6) is 0 Å². The summed E-state index contributed by atoms with van der Waals surface area (Å²) in [6.07, 6.45) is 4.30. The van der Waals surface area contributed by atoms with Gasteiger partial charge < -0.3 is 5.73 Å². The van der Waals surface area contributed by atoms with Gasteiger partial charge >= 0.3 is 0 Å². The summed E-state index contributed by atoms with van der Waals surface area (Å²) < 4.78 is 0. The fourth-order valence-corrected chi connectivity index (χ4v) is 1.45. The molecule has 0 aliphatic heterocycles. The summed E-state index contributed by atoms with van der Waals surface area (Å²) in [5.41, 5.74) is 7.95. The van der Waals surface area contributed by atoms with Crippen molar-refractivity contribution in [2.45, 2.75) is 26.3 Å². The summed E-state index contributed by atoms with van der Waals surface area (Å²) in [6.45, 7) is 5.63. The SMILES string of the molecule is CC(C)(C)N(NC(=O)c1cnccn1)C(N)=S. The Balaban J connectivity index is 2.83. The average Bonchev–Trinajstić information content (AvgIpc) is 2.24. The molecule has 1 aromatic heterocycles. The summed E-state index contributed by atoms with van der Waals surface area (Å²) >= 11 is 4.89. The number of carbonyl (C=O) groups excluding carboxylic acids is 1. The van der Waals surface area contributed by atoms with Crippen molar-refractivity contribution in [3.8, 4) is 0 Å². The molecule has 0 radical (unpaired) electrons. The number of nitrogens with zero attached hydrogens (tertiary/aromatic N) is 3. The fourth-order valence-electron chi connectivity index (χ4n) is 1.13. The Kier molecular flexibility index (Phi) is 3.95. The molecule has 0 spiro atoms. The number of hydrogen-bond donors (Lipinski definition) is 2. The van der Waals surface area contributed by atoms with E-state index in [-0.39, 0.29) is 10.8 Å². The lowest BCUT2D eigenvalue weighted by Crippen LogP contribution is -2.57. The van der Waals surface area contributed by atoms with Crippen LogP contribution in [-0.2, 0) is 0 Å². The molecule has 1 amide bonds. The van der Waals surface area contributed by atoms with E-state index in [9.17, 15) is 4.79 Å². The predicted octanol–water partition coefficient (Wildman–Crippen LogP) is 0.466. The van der Waals surface area contributed by atoms with Gasteiger partial charge in [-0.25, -0.2) is 4.98 Å². The second kappa shape index (κ2) is 5.05. The van der Waals surface area contributed by atoms with Crippen LogP contribution < -0.4 is 11.2 Å². The van der Waals surface area contributed by atoms with E-state index >= 15 is 0 Å². The summed E-state index contributed by atoms with van der Waals surface area (Å²) in [5, 5.41) is 1.51. The Morgan fingerprint density at radius 2 is 2.12 bits per heavy atom. The Morgan fingerprint density at radius 1 is 1.47 bits per heavy atom. The molecule has 7 heteroatoms. The summed E-state index contributed by atoms with van der Waals surface area (Å²) in [4.78, 5) is 19.5. The highest BCUT2D eigenvalue weighted by molar-refractivity contribution is 7.80. The second-order valence-corrected chi connectivity index (χ2v) is 4.79. The van der Waals surface area contributed by atoms with Crippen molar-refractivity contribution >= 4 is 23.2 Å². The van der Waals surface area contributed by atoms with E-state index in [0.29, 0.717) is 0 Å². The lowest BCUT2D eigenvalue weighted by molar-refractivity contribution is 0.0771. The third-order valence-electron chi connectivity index (χ3n) is 1.90. The van der Waals surface area contributed by atoms with Gasteiger partial charge in [0.1, 0.15) is 5.69 Å². The number of thiocarbonyl (C=S) groups is 1. The minimum Gasteiger partial charge on any atom is -0.375 e. The lowest BCUT2D eigenvalue weighted by atomic mass is 10.1. The van der Waals surface area contributed by atoms with E-state index in [2.05, 4.69) is 15.4 Å². The molecule has 0 bridgehead atoms. The van der Waals surface area contributed by atoms with Crippen molar-refractivity contribution < 1.29 is 4.79 Å². The largest absolute Gasteiger partial charge is 0.375 e. The zero-order valence-corrected chi connectivity index (χ0v) is 10.8. The number of hydrogen-bond acceptors (Lipinski definition) is 4. The van der Waals surface area contributed by atoms with E-state index in [1.165, 1.54) is 23.6 Å². The molecule has 3 N–H and O–H groups in total. The van der Waals surface area contributed by atoms with Crippen molar-refractivity contribution in [3.63, 3.8) is 0 Å². The van der Waals surface area contributed by atoms with Gasteiger partial charge in [-0.05, 0) is 33.0 Å². The highest BCUT2D eigenvalue weighted by Crippen LogP contribution is 2.10. The van der Waals surface area contributed by atoms with E-state index < -0.39 is 11.4 Å². The number of hydrazine groups is 1. The van der Waals surface area contributed by atoms with Gasteiger partial charge in [0.2, 0.25) is 0 Å². The van der Waals surface area contributed by atoms with Crippen LogP contribution in [0.1, 0.15) is 31.3 Å². The quantitative estimate of drug-likeness (QED) is 0.559. The van der Waals surface area contributed by atoms with Crippen LogP contribution >= 0.6 is 12.2 Å². The number of aromatic nitrogens is 2. The van der Waals surface area contributed by atoms with Gasteiger partial charge in [0.15, 0.2) is 5.11 Å². The van der Waals surface area contributed by atoms with Crippen LogP contribution in [0.3, 0.4) is 0 Å². The van der Waals surface area contributed by atoms with Gasteiger partial charge in [0.05, 0.1) is 11.7 Å². The minimum absolute atomic E-state index is 0.0924. The standard InChI is InChI=1S/C10H15N5OS/c1-10(2,3)15(9(11)17)14-8(16)7-6-12-4-5-13-7/h4-6H,1-3H3,(H2,11,17)(H,14,16). The highest BCUT2D eigenvalue weighted by Gasteiger charge is 2.25. The molecule has 0 unspecified atom stereocenters. The first kappa shape index (κ1) is 13.3. The second-order valence-electron chi connectivity index (χ2n) is 4.38. The van der Waals surface area contributed by atoms with Crippen LogP contribution in [0.25, 0.3) is 0 Å². The third-order valence-corrected chi connectivity index (χ3v) is 2.08. The Labute approximate surface area is 105 Å². The maximum atomic E-state index is 11.8. The monoisotopic (exact) mass is 253 g/mol. The maximum absolute atomic E-state index is 11.8. The van der Waals surface area contributed by atoms with E-state index in [1.807, 2.05) is 20.8 Å². The number of rotatable bonds is 1. The van der Waals surface area contributed by atoms with Gasteiger partial charge in [0.25, 0.3) is 5.91 Å². The third kappa shape index (κ3) is 3.63. The van der Waals surface area contributed by atoms with Gasteiger partial charge in [-0.3, -0.25) is 20.2 Å². The molecule has 0 aliphatic carbocycles. The van der Waals surface area contributed by atoms with Crippen molar-refractivity contribution in [2.24, 2.45) is 5.73 Å². The molecule has 17 heavy (non-hydrogen) atoms. The zero-order chi connectivity index (χ0) is 13.1. The van der Waals surface area contributed by atoms with E-state index in [0.717, 1.165) is 0 Å². The van der Waals surface area contributed by atoms with Crippen molar-refractivity contribution in [1.29, 1.82) is 0 Å². The lowest BCUT2D eigenvalue weighted by Gasteiger charge is -2.35. The average molecular weight is 253 g/mol. The summed E-state index contributed by atoms with van der Waals surface area (Å²) in [5.74, 6) is -0.402. The molecule has 0 saturated carbocycles. The topological polar surface area (TPSA) is 84.1 Å². The number of amides is 1. The van der Waals surface area contributed by atoms with Crippen molar-refractivity contribution in [1.82, 2.24) is 20.4 Å². The smallest absolute Gasteiger partial charge is 0.290 e. The van der Waals surface area contributed by atoms with Crippen LogP contribution in [0.4, 0.5) is 0 Å². The summed E-state index contributed by atoms with van der Waals surface area (Å²) in [7, 11) is 0. The molecule has 0 aromatic carbocycles. The zero-order valence-electron chi connectivity index (χ0n) is 9.97. The van der Waals surface area contributed by atoms with Crippen molar-refractivity contribution in [3.05, 3.63) is 24.3 Å². The van der Waals surface area contributed by atoms with Crippen LogP contribution in [0.15, 0.2) is 18.6 Å². The van der Waals surface area contributed by atoms with Gasteiger partial charge in [-0.1, -0.05) is 0 Å². The Hall–Kier alpha value is -1.76. The van der Waals surface area contributed by atoms with Crippen LogP contribution in [-0.4, -0.2) is 31.5 Å². The van der Waals surface area contributed by atoms with E-state index in [1.54, 1.807) is 0 Å². The molecular weight excluding hydrogens is 238 g/mol. The first-order valence-electron chi connectivity index (χ1n) is 4.99. The molecule has 0 saturated heterocycles. The molecule has 1 rings (SSSR count). The van der Waals surface area contributed by atoms with Gasteiger partial charge in [-0.15, -0.1) is 0 Å². The Morgan fingerprint density at radius 3 is 2.53 bits per heavy atom. The molecule has 6 nitrogen and oxygen atoms in total. The van der Waals surface area contributed by atoms with Crippen molar-refractivity contribution in [2.75, 3.05) is 0 Å². The normalized spacial score (nSPS) is 10.8. The molecule has 1 heterocycles. The molecular formula is C10H15N5OS. The molecule has 0 aliphatic rings. The van der Waals surface area contributed by atoms with Gasteiger partial charge in [0, 0.05) is 12.4 Å². The number of nitrogens with one attached hydrogen (secondary N) is 1. The Bertz CT molecular complexity index is 414. The fraction of sp³-hybridized carbons (Fsp3) is 0.400. The van der Waals surface area contributed by atoms with E-state index in [4.69, 9.17) is 18.0 Å². The maximum Gasteiger partial charge on any atom is 0.290 e. The molecule has 92 valence electrons. The predicted molar refractivity (Wildman–Crippen MR) is 67.9 cm³/mol. The first-order valence-corrected chi connectivity index (χ1v) is 5.40. The molecule has 0 atom stereocenters.